The summed E-state index contributed by atoms with van der Waals surface area (Å²) in [6.45, 7) is 9.03. The minimum absolute atomic E-state index is 0.0836. The molecule has 0 bridgehead atoms. The summed E-state index contributed by atoms with van der Waals surface area (Å²) in [7, 11) is 0. The zero-order chi connectivity index (χ0) is 14.6. The fourth-order valence-electron chi connectivity index (χ4n) is 2.39. The van der Waals surface area contributed by atoms with Crippen LogP contribution in [0.1, 0.15) is 37.6 Å². The summed E-state index contributed by atoms with van der Waals surface area (Å²) in [6.07, 6.45) is 1.09. The lowest BCUT2D eigenvalue weighted by molar-refractivity contribution is -0.0370. The van der Waals surface area contributed by atoms with Crippen LogP contribution in [0.25, 0.3) is 0 Å². The molecule has 1 fully saturated rings. The Morgan fingerprint density at radius 1 is 1.35 bits per heavy atom. The highest BCUT2D eigenvalue weighted by atomic mass is 16.5. The molecule has 0 saturated carbocycles. The van der Waals surface area contributed by atoms with E-state index in [1.165, 1.54) is 0 Å². The van der Waals surface area contributed by atoms with Crippen LogP contribution < -0.4 is 5.32 Å². The van der Waals surface area contributed by atoms with Gasteiger partial charge in [0.2, 0.25) is 0 Å². The number of ether oxygens (including phenoxy) is 1. The Hall–Kier alpha value is -1.55. The molecule has 0 aliphatic carbocycles. The predicted molar refractivity (Wildman–Crippen MR) is 81.2 cm³/mol. The van der Waals surface area contributed by atoms with Gasteiger partial charge in [0.1, 0.15) is 0 Å². The second kappa shape index (κ2) is 6.27. The number of benzene rings is 1. The fourth-order valence-corrected chi connectivity index (χ4v) is 2.39. The number of nitrogens with one attached hydrogen (secondary N) is 1. The van der Waals surface area contributed by atoms with Gasteiger partial charge in [-0.2, -0.15) is 0 Å². The third kappa shape index (κ3) is 3.31. The molecule has 4 nitrogen and oxygen atoms in total. The molecule has 0 aromatic heterocycles. The van der Waals surface area contributed by atoms with Crippen LogP contribution in [0.15, 0.2) is 24.3 Å². The summed E-state index contributed by atoms with van der Waals surface area (Å²) in [4.78, 5) is 14.5. The topological polar surface area (TPSA) is 41.6 Å². The van der Waals surface area contributed by atoms with Crippen molar-refractivity contribution in [3.05, 3.63) is 29.8 Å². The van der Waals surface area contributed by atoms with Crippen molar-refractivity contribution in [3.8, 4) is 0 Å². The minimum Gasteiger partial charge on any atom is -0.385 e. The molecule has 1 aromatic rings. The molecule has 1 aromatic carbocycles. The first-order valence-electron chi connectivity index (χ1n) is 7.28. The molecule has 1 N–H and O–H groups in total. The molecule has 2 rings (SSSR count). The van der Waals surface area contributed by atoms with Gasteiger partial charge in [0.05, 0.1) is 18.8 Å². The van der Waals surface area contributed by atoms with Crippen LogP contribution in [0.3, 0.4) is 0 Å². The van der Waals surface area contributed by atoms with Gasteiger partial charge in [-0.15, -0.1) is 0 Å². The van der Waals surface area contributed by atoms with Crippen LogP contribution in [-0.4, -0.2) is 42.6 Å². The first-order valence-corrected chi connectivity index (χ1v) is 7.28. The van der Waals surface area contributed by atoms with Crippen molar-refractivity contribution in [2.24, 2.45) is 0 Å². The average molecular weight is 276 g/mol. The molecule has 4 heteroatoms. The number of rotatable bonds is 4. The van der Waals surface area contributed by atoms with E-state index < -0.39 is 0 Å². The van der Waals surface area contributed by atoms with E-state index in [-0.39, 0.29) is 11.4 Å². The quantitative estimate of drug-likeness (QED) is 0.919. The third-order valence-corrected chi connectivity index (χ3v) is 3.60. The van der Waals surface area contributed by atoms with E-state index in [1.807, 2.05) is 43.0 Å². The van der Waals surface area contributed by atoms with Gasteiger partial charge in [-0.05, 0) is 44.5 Å². The van der Waals surface area contributed by atoms with Crippen molar-refractivity contribution in [3.63, 3.8) is 0 Å². The number of carbonyl (C=O) groups excluding carboxylic acids is 1. The molecule has 0 spiro atoms. The van der Waals surface area contributed by atoms with Crippen molar-refractivity contribution in [1.29, 1.82) is 0 Å². The molecule has 1 amide bonds. The van der Waals surface area contributed by atoms with Crippen LogP contribution in [0.2, 0.25) is 0 Å². The first-order chi connectivity index (χ1) is 9.54. The molecule has 1 aliphatic rings. The Bertz CT molecular complexity index is 454. The number of morpholine rings is 1. The normalized spacial score (nSPS) is 17.9. The van der Waals surface area contributed by atoms with Gasteiger partial charge in [-0.25, -0.2) is 0 Å². The molecule has 0 unspecified atom stereocenters. The van der Waals surface area contributed by atoms with Crippen molar-refractivity contribution >= 4 is 11.6 Å². The lowest BCUT2D eigenvalue weighted by atomic mass is 10.0. The Morgan fingerprint density at radius 3 is 2.65 bits per heavy atom. The van der Waals surface area contributed by atoms with Crippen LogP contribution in [0, 0.1) is 0 Å². The third-order valence-electron chi connectivity index (χ3n) is 3.60. The van der Waals surface area contributed by atoms with E-state index in [1.54, 1.807) is 0 Å². The highest BCUT2D eigenvalue weighted by molar-refractivity contribution is 5.95. The maximum absolute atomic E-state index is 12.6. The van der Waals surface area contributed by atoms with Gasteiger partial charge in [0, 0.05) is 24.3 Å². The number of hydrogen-bond acceptors (Lipinski definition) is 3. The van der Waals surface area contributed by atoms with Gasteiger partial charge in [-0.1, -0.05) is 6.92 Å². The SMILES string of the molecule is CCCNc1ccc(C(=O)N2CCOCC2(C)C)cc1. The van der Waals surface area contributed by atoms with E-state index in [2.05, 4.69) is 12.2 Å². The number of amides is 1. The highest BCUT2D eigenvalue weighted by Gasteiger charge is 2.34. The minimum atomic E-state index is -0.242. The largest absolute Gasteiger partial charge is 0.385 e. The Kier molecular flexibility index (Phi) is 4.65. The summed E-state index contributed by atoms with van der Waals surface area (Å²) in [5.41, 5.74) is 1.56. The molecular weight excluding hydrogens is 252 g/mol. The average Bonchev–Trinajstić information content (AvgIpc) is 2.44. The molecule has 110 valence electrons. The van der Waals surface area contributed by atoms with Crippen molar-refractivity contribution < 1.29 is 9.53 Å². The van der Waals surface area contributed by atoms with Gasteiger partial charge >= 0.3 is 0 Å². The summed E-state index contributed by atoms with van der Waals surface area (Å²) in [6, 6.07) is 7.73. The van der Waals surface area contributed by atoms with Crippen LogP contribution in [-0.2, 0) is 4.74 Å². The number of nitrogens with zero attached hydrogens (tertiary/aromatic N) is 1. The monoisotopic (exact) mass is 276 g/mol. The second-order valence-corrected chi connectivity index (χ2v) is 5.83. The second-order valence-electron chi connectivity index (χ2n) is 5.83. The lowest BCUT2D eigenvalue weighted by Crippen LogP contribution is -2.55. The molecule has 0 atom stereocenters. The summed E-state index contributed by atoms with van der Waals surface area (Å²) in [5, 5.41) is 3.31. The fraction of sp³-hybridized carbons (Fsp3) is 0.562. The van der Waals surface area contributed by atoms with Gasteiger partial charge in [0.25, 0.3) is 5.91 Å². The smallest absolute Gasteiger partial charge is 0.254 e. The standard InChI is InChI=1S/C16H24N2O2/c1-4-9-17-14-7-5-13(6-8-14)15(19)18-10-11-20-12-16(18,2)3/h5-8,17H,4,9-12H2,1-3H3. The van der Waals surface area contributed by atoms with Crippen molar-refractivity contribution in [2.75, 3.05) is 31.6 Å². The molecule has 0 radical (unpaired) electrons. The molecule has 1 saturated heterocycles. The number of hydrogen-bond donors (Lipinski definition) is 1. The molecule has 1 heterocycles. The maximum atomic E-state index is 12.6. The van der Waals surface area contributed by atoms with E-state index in [4.69, 9.17) is 4.74 Å². The predicted octanol–water partition coefficient (Wildman–Crippen LogP) is 2.76. The zero-order valence-electron chi connectivity index (χ0n) is 12.6. The van der Waals surface area contributed by atoms with Crippen molar-refractivity contribution in [2.45, 2.75) is 32.7 Å². The Labute approximate surface area is 121 Å². The summed E-state index contributed by atoms with van der Waals surface area (Å²) < 4.78 is 5.46. The van der Waals surface area contributed by atoms with Gasteiger partial charge in [-0.3, -0.25) is 4.79 Å². The Morgan fingerprint density at radius 2 is 2.05 bits per heavy atom. The van der Waals surface area contributed by atoms with Crippen LogP contribution in [0.4, 0.5) is 5.69 Å². The van der Waals surface area contributed by atoms with Gasteiger partial charge in [0.15, 0.2) is 0 Å². The first kappa shape index (κ1) is 14.9. The summed E-state index contributed by atoms with van der Waals surface area (Å²) in [5.74, 6) is 0.0836. The van der Waals surface area contributed by atoms with E-state index in [0.29, 0.717) is 19.8 Å². The maximum Gasteiger partial charge on any atom is 0.254 e. The van der Waals surface area contributed by atoms with Crippen molar-refractivity contribution in [1.82, 2.24) is 4.90 Å². The molecule has 20 heavy (non-hydrogen) atoms. The highest BCUT2D eigenvalue weighted by Crippen LogP contribution is 2.22. The van der Waals surface area contributed by atoms with E-state index in [0.717, 1.165) is 24.2 Å². The van der Waals surface area contributed by atoms with Crippen LogP contribution in [0.5, 0.6) is 0 Å². The van der Waals surface area contributed by atoms with E-state index in [9.17, 15) is 4.79 Å². The van der Waals surface area contributed by atoms with Gasteiger partial charge < -0.3 is 15.0 Å². The molecular formula is C16H24N2O2. The zero-order valence-corrected chi connectivity index (χ0v) is 12.6. The Balaban J connectivity index is 2.08. The lowest BCUT2D eigenvalue weighted by Gasteiger charge is -2.42. The number of anilines is 1. The molecule has 1 aliphatic heterocycles. The van der Waals surface area contributed by atoms with E-state index >= 15 is 0 Å². The summed E-state index contributed by atoms with van der Waals surface area (Å²) >= 11 is 0. The van der Waals surface area contributed by atoms with Crippen LogP contribution >= 0.6 is 0 Å². The number of carbonyl (C=O) groups is 1.